The molecule has 0 aliphatic rings. The van der Waals surface area contributed by atoms with Gasteiger partial charge in [0.05, 0.1) is 16.3 Å². The predicted molar refractivity (Wildman–Crippen MR) is 117 cm³/mol. The molecule has 1 heterocycles. The van der Waals surface area contributed by atoms with Crippen molar-refractivity contribution in [3.8, 4) is 5.75 Å². The van der Waals surface area contributed by atoms with Gasteiger partial charge in [0.15, 0.2) is 0 Å². The third kappa shape index (κ3) is 4.01. The molecule has 0 unspecified atom stereocenters. The summed E-state index contributed by atoms with van der Waals surface area (Å²) in [4.78, 5) is 5.06. The maximum Gasteiger partial charge on any atom is 0.261 e. The van der Waals surface area contributed by atoms with Crippen molar-refractivity contribution in [1.29, 1.82) is 0 Å². The first-order chi connectivity index (χ1) is 13.9. The highest BCUT2D eigenvalue weighted by atomic mass is 32.2. The predicted octanol–water partition coefficient (Wildman–Crippen LogP) is 4.83. The molecule has 0 fully saturated rings. The number of nitrogens with one attached hydrogen (secondary N) is 1. The van der Waals surface area contributed by atoms with Gasteiger partial charge in [-0.1, -0.05) is 53.8 Å². The van der Waals surface area contributed by atoms with Crippen molar-refractivity contribution in [3.05, 3.63) is 83.2 Å². The van der Waals surface area contributed by atoms with Crippen LogP contribution in [0.25, 0.3) is 10.1 Å². The monoisotopic (exact) mass is 421 g/mol. The van der Waals surface area contributed by atoms with Crippen LogP contribution in [0.3, 0.4) is 0 Å². The van der Waals surface area contributed by atoms with Gasteiger partial charge in [-0.3, -0.25) is 9.71 Å². The molecular weight excluding hydrogens is 404 g/mol. The van der Waals surface area contributed by atoms with E-state index in [-0.39, 0.29) is 10.6 Å². The van der Waals surface area contributed by atoms with E-state index in [1.165, 1.54) is 17.6 Å². The fourth-order valence-electron chi connectivity index (χ4n) is 2.85. The standard InChI is InChI=1S/C22H18N2O3S2/c1-15-10-12-16(13-11-15)29(26,27)24-19-8-4-3-7-18(19)23-14-21-22(25)17-6-2-5-9-20(17)28-21/h2-14,24-25H,1H3/p-1. The molecule has 0 aliphatic carbocycles. The molecule has 0 spiro atoms. The van der Waals surface area contributed by atoms with Crippen LogP contribution in [0.5, 0.6) is 5.75 Å². The number of aliphatic imine (C=N–C) groups is 1. The number of nitrogens with zero attached hydrogens (tertiary/aromatic N) is 1. The molecule has 4 aromatic rings. The summed E-state index contributed by atoms with van der Waals surface area (Å²) in [5, 5.41) is 13.1. The van der Waals surface area contributed by atoms with E-state index in [1.54, 1.807) is 54.6 Å². The van der Waals surface area contributed by atoms with Crippen molar-refractivity contribution in [2.45, 2.75) is 11.8 Å². The third-order valence-electron chi connectivity index (χ3n) is 4.38. The van der Waals surface area contributed by atoms with E-state index < -0.39 is 10.0 Å². The quantitative estimate of drug-likeness (QED) is 0.468. The van der Waals surface area contributed by atoms with Crippen molar-refractivity contribution in [2.75, 3.05) is 4.72 Å². The average Bonchev–Trinajstić information content (AvgIpc) is 3.03. The summed E-state index contributed by atoms with van der Waals surface area (Å²) in [6.07, 6.45) is 1.49. The van der Waals surface area contributed by atoms with Crippen LogP contribution < -0.4 is 9.83 Å². The molecule has 7 heteroatoms. The SMILES string of the molecule is Cc1ccc(S(=O)(=O)Nc2ccccc2N=Cc2sc3ccccc3c2[O-])cc1. The van der Waals surface area contributed by atoms with Gasteiger partial charge in [-0.05, 0) is 42.6 Å². The molecule has 4 rings (SSSR count). The lowest BCUT2D eigenvalue weighted by molar-refractivity contribution is -0.265. The first-order valence-electron chi connectivity index (χ1n) is 8.85. The van der Waals surface area contributed by atoms with Gasteiger partial charge in [0, 0.05) is 15.8 Å². The van der Waals surface area contributed by atoms with Gasteiger partial charge < -0.3 is 5.11 Å². The van der Waals surface area contributed by atoms with Crippen LogP contribution in [-0.4, -0.2) is 14.6 Å². The Kier molecular flexibility index (Phi) is 5.08. The Morgan fingerprint density at radius 3 is 2.41 bits per heavy atom. The second-order valence-electron chi connectivity index (χ2n) is 6.49. The molecule has 146 valence electrons. The summed E-state index contributed by atoms with van der Waals surface area (Å²) >= 11 is 1.36. The second kappa shape index (κ2) is 7.69. The number of aryl methyl sites for hydroxylation is 1. The van der Waals surface area contributed by atoms with Crippen molar-refractivity contribution in [1.82, 2.24) is 0 Å². The highest BCUT2D eigenvalue weighted by Gasteiger charge is 2.15. The topological polar surface area (TPSA) is 81.6 Å². The number of anilines is 1. The minimum Gasteiger partial charge on any atom is -0.871 e. The summed E-state index contributed by atoms with van der Waals surface area (Å²) in [5.41, 5.74) is 1.75. The normalized spacial score (nSPS) is 11.9. The second-order valence-corrected chi connectivity index (χ2v) is 9.25. The molecule has 0 saturated carbocycles. The largest absolute Gasteiger partial charge is 0.871 e. The number of benzene rings is 3. The number of fused-ring (bicyclic) bond motifs is 1. The molecule has 0 saturated heterocycles. The van der Waals surface area contributed by atoms with Gasteiger partial charge in [-0.2, -0.15) is 0 Å². The van der Waals surface area contributed by atoms with E-state index in [0.29, 0.717) is 21.6 Å². The van der Waals surface area contributed by atoms with Crippen LogP contribution in [0.1, 0.15) is 10.4 Å². The highest BCUT2D eigenvalue weighted by molar-refractivity contribution is 7.92. The van der Waals surface area contributed by atoms with Crippen LogP contribution in [0.2, 0.25) is 0 Å². The first kappa shape index (κ1) is 19.2. The van der Waals surface area contributed by atoms with Gasteiger partial charge in [0.25, 0.3) is 10.0 Å². The summed E-state index contributed by atoms with van der Waals surface area (Å²) in [7, 11) is -3.75. The number of para-hydroxylation sites is 2. The molecule has 3 aromatic carbocycles. The maximum atomic E-state index is 12.7. The first-order valence-corrected chi connectivity index (χ1v) is 11.2. The van der Waals surface area contributed by atoms with E-state index in [1.807, 2.05) is 25.1 Å². The number of sulfonamides is 1. The van der Waals surface area contributed by atoms with E-state index in [4.69, 9.17) is 0 Å². The number of rotatable bonds is 5. The minimum atomic E-state index is -3.75. The molecule has 1 aromatic heterocycles. The van der Waals surface area contributed by atoms with Crippen molar-refractivity contribution in [2.24, 2.45) is 4.99 Å². The highest BCUT2D eigenvalue weighted by Crippen LogP contribution is 2.34. The molecule has 0 bridgehead atoms. The van der Waals surface area contributed by atoms with E-state index >= 15 is 0 Å². The summed E-state index contributed by atoms with van der Waals surface area (Å²) in [6, 6.07) is 20.8. The van der Waals surface area contributed by atoms with Gasteiger partial charge in [-0.15, -0.1) is 11.3 Å². The van der Waals surface area contributed by atoms with Crippen LogP contribution >= 0.6 is 11.3 Å². The lowest BCUT2D eigenvalue weighted by Gasteiger charge is -2.10. The molecule has 0 atom stereocenters. The number of hydrogen-bond acceptors (Lipinski definition) is 5. The zero-order valence-corrected chi connectivity index (χ0v) is 17.1. The van der Waals surface area contributed by atoms with Gasteiger partial charge in [0.2, 0.25) is 0 Å². The van der Waals surface area contributed by atoms with Crippen LogP contribution in [0, 0.1) is 6.92 Å². The number of thiophene rings is 1. The Balaban J connectivity index is 1.65. The Morgan fingerprint density at radius 2 is 1.66 bits per heavy atom. The van der Waals surface area contributed by atoms with Gasteiger partial charge in [0.1, 0.15) is 0 Å². The smallest absolute Gasteiger partial charge is 0.261 e. The fourth-order valence-corrected chi connectivity index (χ4v) is 4.88. The summed E-state index contributed by atoms with van der Waals surface area (Å²) < 4.78 is 28.9. The summed E-state index contributed by atoms with van der Waals surface area (Å²) in [5.74, 6) is -0.0768. The molecule has 5 nitrogen and oxygen atoms in total. The zero-order valence-electron chi connectivity index (χ0n) is 15.5. The Morgan fingerprint density at radius 1 is 0.966 bits per heavy atom. The molecule has 0 amide bonds. The Bertz CT molecular complexity index is 1310. The maximum absolute atomic E-state index is 12.7. The fraction of sp³-hybridized carbons (Fsp3) is 0.0455. The molecule has 0 aliphatic heterocycles. The Hall–Kier alpha value is -3.16. The molecule has 0 radical (unpaired) electrons. The third-order valence-corrected chi connectivity index (χ3v) is 6.84. The molecule has 1 N–H and O–H groups in total. The lowest BCUT2D eigenvalue weighted by Crippen LogP contribution is -2.13. The van der Waals surface area contributed by atoms with Crippen molar-refractivity contribution in [3.63, 3.8) is 0 Å². The van der Waals surface area contributed by atoms with Gasteiger partial charge in [-0.25, -0.2) is 8.42 Å². The van der Waals surface area contributed by atoms with Crippen molar-refractivity contribution < 1.29 is 13.5 Å². The lowest BCUT2D eigenvalue weighted by atomic mass is 10.2. The molecular formula is C22H17N2O3S2-. The van der Waals surface area contributed by atoms with Crippen LogP contribution in [0.4, 0.5) is 11.4 Å². The van der Waals surface area contributed by atoms with Crippen LogP contribution in [0.15, 0.2) is 82.7 Å². The van der Waals surface area contributed by atoms with Crippen molar-refractivity contribution >= 4 is 49.0 Å². The Labute approximate surface area is 173 Å². The van der Waals surface area contributed by atoms with E-state index in [0.717, 1.165) is 10.3 Å². The average molecular weight is 422 g/mol. The number of hydrogen-bond donors (Lipinski definition) is 1. The van der Waals surface area contributed by atoms with E-state index in [9.17, 15) is 13.5 Å². The van der Waals surface area contributed by atoms with Gasteiger partial charge >= 0.3 is 0 Å². The molecule has 29 heavy (non-hydrogen) atoms. The zero-order chi connectivity index (χ0) is 20.4. The van der Waals surface area contributed by atoms with E-state index in [2.05, 4.69) is 9.71 Å². The minimum absolute atomic E-state index is 0.0768. The van der Waals surface area contributed by atoms with Crippen LogP contribution in [-0.2, 0) is 10.0 Å². The summed E-state index contributed by atoms with van der Waals surface area (Å²) in [6.45, 7) is 1.89.